The lowest BCUT2D eigenvalue weighted by Gasteiger charge is -2.12. The number of imide groups is 1. The van der Waals surface area contributed by atoms with Gasteiger partial charge in [-0.3, -0.25) is 9.59 Å². The van der Waals surface area contributed by atoms with Gasteiger partial charge in [0.05, 0.1) is 10.6 Å². The number of aromatic nitrogens is 1. The van der Waals surface area contributed by atoms with E-state index in [1.807, 2.05) is 26.0 Å². The second kappa shape index (κ2) is 7.82. The first-order valence-corrected chi connectivity index (χ1v) is 10.7. The SMILES string of the molecule is Cc1cc(C)cc(-n2c(C)cc(/C=C3/SC(=O)N(c4ccc(Cl)cc4)C3=O)c2C)c1. The molecule has 0 unspecified atom stereocenters. The van der Waals surface area contributed by atoms with Gasteiger partial charge in [0.1, 0.15) is 0 Å². The van der Waals surface area contributed by atoms with Crippen LogP contribution >= 0.6 is 23.4 Å². The van der Waals surface area contributed by atoms with Gasteiger partial charge in [0.25, 0.3) is 11.1 Å². The number of hydrogen-bond acceptors (Lipinski definition) is 3. The fourth-order valence-corrected chi connectivity index (χ4v) is 4.79. The van der Waals surface area contributed by atoms with Crippen LogP contribution < -0.4 is 4.90 Å². The van der Waals surface area contributed by atoms with Crippen LogP contribution in [0, 0.1) is 27.7 Å². The Morgan fingerprint density at radius 2 is 1.50 bits per heavy atom. The summed E-state index contributed by atoms with van der Waals surface area (Å²) in [6, 6.07) is 15.2. The summed E-state index contributed by atoms with van der Waals surface area (Å²) in [5.74, 6) is -0.316. The zero-order valence-electron chi connectivity index (χ0n) is 17.2. The van der Waals surface area contributed by atoms with Crippen LogP contribution in [0.5, 0.6) is 0 Å². The Hall–Kier alpha value is -2.76. The van der Waals surface area contributed by atoms with Crippen molar-refractivity contribution in [3.05, 3.63) is 86.5 Å². The molecule has 4 nitrogen and oxygen atoms in total. The molecule has 3 aromatic rings. The van der Waals surface area contributed by atoms with E-state index in [-0.39, 0.29) is 11.1 Å². The van der Waals surface area contributed by atoms with E-state index in [0.29, 0.717) is 15.6 Å². The van der Waals surface area contributed by atoms with Crippen LogP contribution in [-0.4, -0.2) is 15.7 Å². The summed E-state index contributed by atoms with van der Waals surface area (Å²) in [6.07, 6.45) is 1.81. The molecule has 1 fully saturated rings. The van der Waals surface area contributed by atoms with Crippen LogP contribution in [0.25, 0.3) is 11.8 Å². The number of amides is 2. The van der Waals surface area contributed by atoms with Crippen molar-refractivity contribution >= 4 is 46.3 Å². The first-order chi connectivity index (χ1) is 14.2. The minimum atomic E-state index is -0.316. The van der Waals surface area contributed by atoms with Gasteiger partial charge in [0.15, 0.2) is 0 Å². The average molecular weight is 437 g/mol. The summed E-state index contributed by atoms with van der Waals surface area (Å²) >= 11 is 6.88. The topological polar surface area (TPSA) is 42.3 Å². The second-order valence-electron chi connectivity index (χ2n) is 7.50. The van der Waals surface area contributed by atoms with Gasteiger partial charge in [0, 0.05) is 22.1 Å². The van der Waals surface area contributed by atoms with Crippen LogP contribution in [0.3, 0.4) is 0 Å². The molecular formula is C24H21ClN2O2S. The number of thioether (sulfide) groups is 1. The molecule has 2 amide bonds. The number of hydrogen-bond donors (Lipinski definition) is 0. The Bertz CT molecular complexity index is 1190. The second-order valence-corrected chi connectivity index (χ2v) is 8.93. The molecule has 6 heteroatoms. The molecule has 0 spiro atoms. The Balaban J connectivity index is 1.71. The Labute approximate surface area is 185 Å². The lowest BCUT2D eigenvalue weighted by Crippen LogP contribution is -2.27. The van der Waals surface area contributed by atoms with Gasteiger partial charge < -0.3 is 4.57 Å². The third-order valence-electron chi connectivity index (χ3n) is 5.10. The van der Waals surface area contributed by atoms with E-state index in [4.69, 9.17) is 11.6 Å². The summed E-state index contributed by atoms with van der Waals surface area (Å²) in [5, 5.41) is 0.247. The van der Waals surface area contributed by atoms with E-state index >= 15 is 0 Å². The summed E-state index contributed by atoms with van der Waals surface area (Å²) in [4.78, 5) is 27.1. The molecule has 0 atom stereocenters. The number of benzene rings is 2. The Kier molecular flexibility index (Phi) is 5.35. The lowest BCUT2D eigenvalue weighted by atomic mass is 10.1. The summed E-state index contributed by atoms with van der Waals surface area (Å²) in [5.41, 5.74) is 7.03. The van der Waals surface area contributed by atoms with Crippen molar-refractivity contribution in [2.45, 2.75) is 27.7 Å². The zero-order chi connectivity index (χ0) is 21.6. The molecule has 0 saturated carbocycles. The molecule has 1 aromatic heterocycles. The minimum absolute atomic E-state index is 0.309. The average Bonchev–Trinajstić information content (AvgIpc) is 3.10. The molecule has 30 heavy (non-hydrogen) atoms. The van der Waals surface area contributed by atoms with E-state index in [1.54, 1.807) is 24.3 Å². The molecule has 1 aliphatic rings. The van der Waals surface area contributed by atoms with Crippen molar-refractivity contribution in [3.63, 3.8) is 0 Å². The molecule has 0 bridgehead atoms. The highest BCUT2D eigenvalue weighted by Crippen LogP contribution is 2.37. The van der Waals surface area contributed by atoms with E-state index in [1.165, 1.54) is 16.0 Å². The third kappa shape index (κ3) is 3.71. The predicted molar refractivity (Wildman–Crippen MR) is 125 cm³/mol. The van der Waals surface area contributed by atoms with E-state index in [0.717, 1.165) is 34.4 Å². The van der Waals surface area contributed by atoms with Gasteiger partial charge in [-0.25, -0.2) is 4.90 Å². The number of rotatable bonds is 3. The molecule has 2 aromatic carbocycles. The van der Waals surface area contributed by atoms with Crippen molar-refractivity contribution in [2.75, 3.05) is 4.90 Å². The number of halogens is 1. The maximum atomic E-state index is 12.9. The molecule has 1 aliphatic heterocycles. The summed E-state index contributed by atoms with van der Waals surface area (Å²) < 4.78 is 2.18. The van der Waals surface area contributed by atoms with E-state index in [9.17, 15) is 9.59 Å². The zero-order valence-corrected chi connectivity index (χ0v) is 18.8. The van der Waals surface area contributed by atoms with E-state index < -0.39 is 0 Å². The predicted octanol–water partition coefficient (Wildman–Crippen LogP) is 6.61. The maximum absolute atomic E-state index is 12.9. The smallest absolute Gasteiger partial charge is 0.298 e. The van der Waals surface area contributed by atoms with E-state index in [2.05, 4.69) is 36.6 Å². The Morgan fingerprint density at radius 1 is 0.867 bits per heavy atom. The number of anilines is 1. The van der Waals surface area contributed by atoms with Crippen LogP contribution in [0.1, 0.15) is 28.1 Å². The first kappa shape index (κ1) is 20.5. The molecule has 4 rings (SSSR count). The highest BCUT2D eigenvalue weighted by atomic mass is 35.5. The fourth-order valence-electron chi connectivity index (χ4n) is 3.83. The third-order valence-corrected chi connectivity index (χ3v) is 6.22. The van der Waals surface area contributed by atoms with Gasteiger partial charge in [-0.1, -0.05) is 17.7 Å². The lowest BCUT2D eigenvalue weighted by molar-refractivity contribution is -0.113. The van der Waals surface area contributed by atoms with Crippen LogP contribution in [-0.2, 0) is 4.79 Å². The maximum Gasteiger partial charge on any atom is 0.298 e. The Morgan fingerprint density at radius 3 is 2.13 bits per heavy atom. The highest BCUT2D eigenvalue weighted by molar-refractivity contribution is 8.19. The standard InChI is InChI=1S/C24H21ClN2O2S/c1-14-9-15(2)11-21(10-14)26-16(3)12-18(17(26)4)13-22-23(28)27(24(29)30-22)20-7-5-19(25)6-8-20/h5-13H,1-4H3/b22-13+. The normalized spacial score (nSPS) is 15.5. The van der Waals surface area contributed by atoms with Gasteiger partial charge in [-0.15, -0.1) is 0 Å². The fraction of sp³-hybridized carbons (Fsp3) is 0.167. The number of carbonyl (C=O) groups is 2. The largest absolute Gasteiger partial charge is 0.318 e. The van der Waals surface area contributed by atoms with Gasteiger partial charge in [-0.05, 0) is 105 Å². The van der Waals surface area contributed by atoms with Crippen LogP contribution in [0.2, 0.25) is 5.02 Å². The van der Waals surface area contributed by atoms with Crippen molar-refractivity contribution in [3.8, 4) is 5.69 Å². The van der Waals surface area contributed by atoms with Gasteiger partial charge >= 0.3 is 0 Å². The summed E-state index contributed by atoms with van der Waals surface area (Å²) in [7, 11) is 0. The van der Waals surface area contributed by atoms with Crippen LogP contribution in [0.15, 0.2) is 53.4 Å². The molecule has 0 aliphatic carbocycles. The van der Waals surface area contributed by atoms with Crippen molar-refractivity contribution in [1.82, 2.24) is 4.57 Å². The number of nitrogens with zero attached hydrogens (tertiary/aromatic N) is 2. The number of carbonyl (C=O) groups excluding carboxylic acids is 2. The quantitative estimate of drug-likeness (QED) is 0.434. The van der Waals surface area contributed by atoms with Crippen molar-refractivity contribution in [1.29, 1.82) is 0 Å². The number of aryl methyl sites for hydroxylation is 3. The molecule has 2 heterocycles. The molecule has 152 valence electrons. The molecule has 1 saturated heterocycles. The van der Waals surface area contributed by atoms with Crippen molar-refractivity contribution < 1.29 is 9.59 Å². The molecular weight excluding hydrogens is 416 g/mol. The van der Waals surface area contributed by atoms with Gasteiger partial charge in [-0.2, -0.15) is 0 Å². The highest BCUT2D eigenvalue weighted by Gasteiger charge is 2.36. The van der Waals surface area contributed by atoms with Crippen molar-refractivity contribution in [2.24, 2.45) is 0 Å². The first-order valence-electron chi connectivity index (χ1n) is 9.56. The molecule has 0 radical (unpaired) electrons. The van der Waals surface area contributed by atoms with Gasteiger partial charge in [0.2, 0.25) is 0 Å². The minimum Gasteiger partial charge on any atom is -0.318 e. The summed E-state index contributed by atoms with van der Waals surface area (Å²) in [6.45, 7) is 8.23. The molecule has 0 N–H and O–H groups in total. The monoisotopic (exact) mass is 436 g/mol. The van der Waals surface area contributed by atoms with Crippen LogP contribution in [0.4, 0.5) is 10.5 Å².